The monoisotopic (exact) mass is 356 g/mol. The molecule has 134 valence electrons. The minimum absolute atomic E-state index is 0.270. The molecule has 0 N–H and O–H groups in total. The number of carbonyl (C=O) groups excluding carboxylic acids is 1. The molecule has 2 aromatic carbocycles. The predicted octanol–water partition coefficient (Wildman–Crippen LogP) is 4.09. The normalized spacial score (nSPS) is 10.9. The van der Waals surface area contributed by atoms with Gasteiger partial charge in [0.25, 0.3) is 0 Å². The van der Waals surface area contributed by atoms with Gasteiger partial charge in [-0.15, -0.1) is 0 Å². The zero-order valence-electron chi connectivity index (χ0n) is 15.1. The summed E-state index contributed by atoms with van der Waals surface area (Å²) in [6.45, 7) is 2.04. The third-order valence-electron chi connectivity index (χ3n) is 4.65. The average Bonchev–Trinajstić information content (AvgIpc) is 3.34. The molecule has 0 aliphatic heterocycles. The fourth-order valence-electron chi connectivity index (χ4n) is 3.17. The van der Waals surface area contributed by atoms with E-state index in [0.29, 0.717) is 12.8 Å². The molecule has 0 fully saturated rings. The fourth-order valence-corrected chi connectivity index (χ4v) is 3.17. The largest absolute Gasteiger partial charge is 0.369 e. The molecule has 5 nitrogen and oxygen atoms in total. The Kier molecular flexibility index (Phi) is 4.66. The molecule has 0 unspecified atom stereocenters. The molecule has 2 heterocycles. The number of nitrogens with zero attached hydrogens (tertiary/aromatic N) is 4. The van der Waals surface area contributed by atoms with E-state index < -0.39 is 0 Å². The van der Waals surface area contributed by atoms with Crippen molar-refractivity contribution in [2.75, 3.05) is 0 Å². The van der Waals surface area contributed by atoms with Crippen LogP contribution in [0.5, 0.6) is 0 Å². The van der Waals surface area contributed by atoms with Crippen LogP contribution in [0.25, 0.3) is 0 Å². The molecule has 27 heavy (non-hydrogen) atoms. The zero-order chi connectivity index (χ0) is 18.6. The molecular weight excluding hydrogens is 336 g/mol. The lowest BCUT2D eigenvalue weighted by molar-refractivity contribution is 0.237. The summed E-state index contributed by atoms with van der Waals surface area (Å²) in [5.74, 6) is 0. The predicted molar refractivity (Wildman–Crippen MR) is 104 cm³/mol. The van der Waals surface area contributed by atoms with Crippen LogP contribution in [0, 0.1) is 6.92 Å². The minimum atomic E-state index is -0.270. The van der Waals surface area contributed by atoms with Crippen LogP contribution in [-0.2, 0) is 12.8 Å². The first-order chi connectivity index (χ1) is 13.2. The van der Waals surface area contributed by atoms with Gasteiger partial charge in [0.2, 0.25) is 0 Å². The molecule has 5 heteroatoms. The Hall–Kier alpha value is -3.47. The molecule has 0 atom stereocenters. The van der Waals surface area contributed by atoms with E-state index in [0.717, 1.165) is 22.5 Å². The second-order valence-corrected chi connectivity index (χ2v) is 6.49. The maximum absolute atomic E-state index is 12.9. The van der Waals surface area contributed by atoms with Crippen LogP contribution in [0.3, 0.4) is 0 Å². The van der Waals surface area contributed by atoms with Gasteiger partial charge in [0.05, 0.1) is 11.4 Å². The lowest BCUT2D eigenvalue weighted by Gasteiger charge is -2.07. The molecule has 0 saturated heterocycles. The molecule has 4 aromatic rings. The summed E-state index contributed by atoms with van der Waals surface area (Å²) < 4.78 is 2.81. The van der Waals surface area contributed by atoms with Gasteiger partial charge in [-0.2, -0.15) is 19.6 Å². The Morgan fingerprint density at radius 3 is 2.11 bits per heavy atom. The molecule has 0 aliphatic carbocycles. The summed E-state index contributed by atoms with van der Waals surface area (Å²) in [4.78, 5) is 12.9. The van der Waals surface area contributed by atoms with Gasteiger partial charge in [0.15, 0.2) is 0 Å². The highest BCUT2D eigenvalue weighted by atomic mass is 16.2. The van der Waals surface area contributed by atoms with Crippen LogP contribution in [0.1, 0.15) is 28.1 Å². The molecule has 4 rings (SSSR count). The summed E-state index contributed by atoms with van der Waals surface area (Å²) in [6, 6.07) is 21.8. The molecule has 2 aromatic heterocycles. The van der Waals surface area contributed by atoms with Crippen LogP contribution < -0.4 is 0 Å². The van der Waals surface area contributed by atoms with E-state index in [1.807, 2.05) is 43.3 Å². The first-order valence-corrected chi connectivity index (χ1v) is 8.92. The van der Waals surface area contributed by atoms with Crippen LogP contribution in [0.4, 0.5) is 4.79 Å². The van der Waals surface area contributed by atoms with Crippen molar-refractivity contribution in [2.45, 2.75) is 19.8 Å². The Bertz CT molecular complexity index is 1030. The van der Waals surface area contributed by atoms with Gasteiger partial charge < -0.3 is 0 Å². The van der Waals surface area contributed by atoms with Crippen LogP contribution in [-0.4, -0.2) is 25.6 Å². The van der Waals surface area contributed by atoms with E-state index in [4.69, 9.17) is 0 Å². The molecule has 0 spiro atoms. The van der Waals surface area contributed by atoms with Gasteiger partial charge in [-0.25, -0.2) is 4.79 Å². The third kappa shape index (κ3) is 3.58. The highest BCUT2D eigenvalue weighted by Crippen LogP contribution is 2.20. The number of hydrogen-bond acceptors (Lipinski definition) is 3. The first kappa shape index (κ1) is 17.0. The Morgan fingerprint density at radius 1 is 0.889 bits per heavy atom. The fraction of sp³-hybridized carbons (Fsp3) is 0.136. The second kappa shape index (κ2) is 7.41. The lowest BCUT2D eigenvalue weighted by Crippen LogP contribution is -2.23. The van der Waals surface area contributed by atoms with E-state index in [1.54, 1.807) is 18.5 Å². The molecule has 0 bridgehead atoms. The first-order valence-electron chi connectivity index (χ1n) is 8.92. The molecule has 0 amide bonds. The zero-order valence-corrected chi connectivity index (χ0v) is 15.1. The number of hydrogen-bond donors (Lipinski definition) is 0. The molecule has 0 aliphatic rings. The van der Waals surface area contributed by atoms with E-state index in [-0.39, 0.29) is 6.03 Å². The minimum Gasteiger partial charge on any atom is -0.244 e. The average molecular weight is 356 g/mol. The van der Waals surface area contributed by atoms with E-state index in [1.165, 1.54) is 14.9 Å². The number of benzene rings is 2. The number of rotatable bonds is 4. The van der Waals surface area contributed by atoms with Gasteiger partial charge in [-0.3, -0.25) is 0 Å². The van der Waals surface area contributed by atoms with Gasteiger partial charge in [0, 0.05) is 25.2 Å². The van der Waals surface area contributed by atoms with Gasteiger partial charge >= 0.3 is 6.03 Å². The van der Waals surface area contributed by atoms with E-state index in [9.17, 15) is 4.79 Å². The summed E-state index contributed by atoms with van der Waals surface area (Å²) in [7, 11) is 0. The van der Waals surface area contributed by atoms with Crippen LogP contribution in [0.2, 0.25) is 0 Å². The van der Waals surface area contributed by atoms with Gasteiger partial charge in [0.1, 0.15) is 0 Å². The smallest absolute Gasteiger partial charge is 0.244 e. The van der Waals surface area contributed by atoms with E-state index >= 15 is 0 Å². The topological polar surface area (TPSA) is 52.7 Å². The van der Waals surface area contributed by atoms with Crippen molar-refractivity contribution in [3.8, 4) is 0 Å². The highest BCUT2D eigenvalue weighted by Gasteiger charge is 2.21. The highest BCUT2D eigenvalue weighted by molar-refractivity contribution is 5.78. The molecule has 0 radical (unpaired) electrons. The van der Waals surface area contributed by atoms with Crippen LogP contribution in [0.15, 0.2) is 79.1 Å². The van der Waals surface area contributed by atoms with Crippen molar-refractivity contribution in [1.82, 2.24) is 19.6 Å². The maximum atomic E-state index is 12.9. The van der Waals surface area contributed by atoms with Crippen molar-refractivity contribution < 1.29 is 4.79 Å². The standard InChI is InChI=1S/C22H20N4O/c1-17-20(15-18-9-4-2-5-10-18)24-26(22(27)25-14-8-13-23-25)21(17)16-19-11-6-3-7-12-19/h2-14H,15-16H2,1H3. The molecule has 0 saturated carbocycles. The van der Waals surface area contributed by atoms with Crippen molar-refractivity contribution in [2.24, 2.45) is 0 Å². The summed E-state index contributed by atoms with van der Waals surface area (Å²) in [6.07, 6.45) is 4.56. The van der Waals surface area contributed by atoms with Crippen LogP contribution >= 0.6 is 0 Å². The van der Waals surface area contributed by atoms with Crippen molar-refractivity contribution in [3.05, 3.63) is 107 Å². The summed E-state index contributed by atoms with van der Waals surface area (Å²) >= 11 is 0. The Labute approximate surface area is 157 Å². The van der Waals surface area contributed by atoms with Crippen molar-refractivity contribution in [3.63, 3.8) is 0 Å². The van der Waals surface area contributed by atoms with Crippen molar-refractivity contribution >= 4 is 6.03 Å². The van der Waals surface area contributed by atoms with Crippen molar-refractivity contribution in [1.29, 1.82) is 0 Å². The summed E-state index contributed by atoms with van der Waals surface area (Å²) in [5, 5.41) is 8.73. The second-order valence-electron chi connectivity index (χ2n) is 6.49. The quantitative estimate of drug-likeness (QED) is 0.553. The molecular formula is C22H20N4O. The lowest BCUT2D eigenvalue weighted by atomic mass is 10.0. The van der Waals surface area contributed by atoms with E-state index in [2.05, 4.69) is 34.5 Å². The number of carbonyl (C=O) groups is 1. The Balaban J connectivity index is 1.75. The Morgan fingerprint density at radius 2 is 1.52 bits per heavy atom. The van der Waals surface area contributed by atoms with Gasteiger partial charge in [-0.1, -0.05) is 60.7 Å². The number of aromatic nitrogens is 4. The summed E-state index contributed by atoms with van der Waals surface area (Å²) in [5.41, 5.74) is 5.16. The third-order valence-corrected chi connectivity index (χ3v) is 4.65. The maximum Gasteiger partial charge on any atom is 0.369 e. The SMILES string of the molecule is Cc1c(Cc2ccccc2)nn(C(=O)n2cccn2)c1Cc1ccccc1. The van der Waals surface area contributed by atoms with Gasteiger partial charge in [-0.05, 0) is 29.7 Å².